The Morgan fingerprint density at radius 2 is 2.00 bits per heavy atom. The predicted octanol–water partition coefficient (Wildman–Crippen LogP) is 2.56. The van der Waals surface area contributed by atoms with Gasteiger partial charge in [0.1, 0.15) is 0 Å². The first-order valence-corrected chi connectivity index (χ1v) is 4.22. The molecule has 1 aromatic carbocycles. The van der Waals surface area contributed by atoms with Crippen LogP contribution in [0.3, 0.4) is 0 Å². The summed E-state index contributed by atoms with van der Waals surface area (Å²) < 4.78 is 0. The second-order valence-electron chi connectivity index (χ2n) is 2.75. The van der Waals surface area contributed by atoms with Gasteiger partial charge in [-0.3, -0.25) is 4.79 Å². The summed E-state index contributed by atoms with van der Waals surface area (Å²) in [6.07, 6.45) is 4.60. The minimum absolute atomic E-state index is 0.198. The molecule has 0 heterocycles. The van der Waals surface area contributed by atoms with Crippen molar-refractivity contribution in [2.45, 2.75) is 12.8 Å². The fourth-order valence-corrected chi connectivity index (χ4v) is 0.990. The van der Waals surface area contributed by atoms with E-state index in [1.165, 1.54) is 0 Å². The molecule has 13 heavy (non-hydrogen) atoms. The van der Waals surface area contributed by atoms with E-state index in [2.05, 4.69) is 0 Å². The van der Waals surface area contributed by atoms with Gasteiger partial charge in [-0.25, -0.2) is 0 Å². The van der Waals surface area contributed by atoms with Crippen LogP contribution in [0.1, 0.15) is 18.4 Å². The lowest BCUT2D eigenvalue weighted by Gasteiger charge is -1.90. The van der Waals surface area contributed by atoms with E-state index >= 15 is 0 Å². The maximum absolute atomic E-state index is 10.2. The van der Waals surface area contributed by atoms with Crippen LogP contribution in [0, 0.1) is 0 Å². The van der Waals surface area contributed by atoms with E-state index in [1.807, 2.05) is 42.5 Å². The summed E-state index contributed by atoms with van der Waals surface area (Å²) in [6, 6.07) is 9.83. The average Bonchev–Trinajstić information content (AvgIpc) is 2.14. The summed E-state index contributed by atoms with van der Waals surface area (Å²) in [6.45, 7) is 0. The molecule has 1 aromatic rings. The summed E-state index contributed by atoms with van der Waals surface area (Å²) in [5.74, 6) is -0.752. The molecule has 0 radical (unpaired) electrons. The maximum Gasteiger partial charge on any atom is 0.303 e. The molecular formula is C11H12O2. The van der Waals surface area contributed by atoms with Gasteiger partial charge in [0.25, 0.3) is 0 Å². The number of benzene rings is 1. The van der Waals surface area contributed by atoms with Gasteiger partial charge in [-0.15, -0.1) is 0 Å². The third-order valence-corrected chi connectivity index (χ3v) is 1.63. The van der Waals surface area contributed by atoms with Crippen molar-refractivity contribution in [1.29, 1.82) is 0 Å². The zero-order chi connectivity index (χ0) is 9.52. The monoisotopic (exact) mass is 176 g/mol. The molecule has 0 spiro atoms. The molecule has 0 bridgehead atoms. The van der Waals surface area contributed by atoms with E-state index in [1.54, 1.807) is 0 Å². The Balaban J connectivity index is 2.37. The number of carboxylic acids is 1. The quantitative estimate of drug-likeness (QED) is 0.765. The highest BCUT2D eigenvalue weighted by Crippen LogP contribution is 2.02. The Hall–Kier alpha value is -1.57. The molecule has 68 valence electrons. The molecule has 2 nitrogen and oxygen atoms in total. The van der Waals surface area contributed by atoms with Crippen LogP contribution < -0.4 is 0 Å². The van der Waals surface area contributed by atoms with Gasteiger partial charge >= 0.3 is 5.97 Å². The third kappa shape index (κ3) is 4.11. The van der Waals surface area contributed by atoms with Crippen molar-refractivity contribution in [3.63, 3.8) is 0 Å². The van der Waals surface area contributed by atoms with Crippen molar-refractivity contribution in [2.24, 2.45) is 0 Å². The zero-order valence-corrected chi connectivity index (χ0v) is 7.31. The number of allylic oxidation sites excluding steroid dienone is 1. The largest absolute Gasteiger partial charge is 0.481 e. The zero-order valence-electron chi connectivity index (χ0n) is 7.31. The van der Waals surface area contributed by atoms with Crippen LogP contribution >= 0.6 is 0 Å². The maximum atomic E-state index is 10.2. The van der Waals surface area contributed by atoms with E-state index < -0.39 is 5.97 Å². The molecule has 0 aromatic heterocycles. The Labute approximate surface area is 77.5 Å². The van der Waals surface area contributed by atoms with Crippen molar-refractivity contribution >= 4 is 12.0 Å². The molecule has 0 unspecified atom stereocenters. The molecule has 0 aliphatic heterocycles. The van der Waals surface area contributed by atoms with Gasteiger partial charge in [-0.05, 0) is 12.0 Å². The van der Waals surface area contributed by atoms with Crippen molar-refractivity contribution in [1.82, 2.24) is 0 Å². The van der Waals surface area contributed by atoms with Gasteiger partial charge in [-0.2, -0.15) is 0 Å². The van der Waals surface area contributed by atoms with Crippen molar-refractivity contribution < 1.29 is 9.90 Å². The van der Waals surface area contributed by atoms with E-state index in [-0.39, 0.29) is 6.42 Å². The Morgan fingerprint density at radius 1 is 1.31 bits per heavy atom. The Bertz CT molecular complexity index is 288. The van der Waals surface area contributed by atoms with Crippen LogP contribution in [0.5, 0.6) is 0 Å². The van der Waals surface area contributed by atoms with Crippen molar-refractivity contribution in [3.05, 3.63) is 42.0 Å². The van der Waals surface area contributed by atoms with Crippen LogP contribution in [0.25, 0.3) is 6.08 Å². The lowest BCUT2D eigenvalue weighted by molar-refractivity contribution is -0.136. The molecular weight excluding hydrogens is 164 g/mol. The molecule has 0 aliphatic carbocycles. The minimum atomic E-state index is -0.752. The first-order valence-electron chi connectivity index (χ1n) is 4.22. The van der Waals surface area contributed by atoms with E-state index in [0.717, 1.165) is 5.56 Å². The third-order valence-electron chi connectivity index (χ3n) is 1.63. The summed E-state index contributed by atoms with van der Waals surface area (Å²) in [5.41, 5.74) is 1.10. The molecule has 0 fully saturated rings. The van der Waals surface area contributed by atoms with E-state index in [4.69, 9.17) is 5.11 Å². The number of hydrogen-bond acceptors (Lipinski definition) is 1. The Kier molecular flexibility index (Phi) is 3.76. The number of rotatable bonds is 4. The lowest BCUT2D eigenvalue weighted by Crippen LogP contribution is -1.91. The minimum Gasteiger partial charge on any atom is -0.481 e. The van der Waals surface area contributed by atoms with Gasteiger partial charge in [0.05, 0.1) is 0 Å². The molecule has 2 heteroatoms. The fourth-order valence-electron chi connectivity index (χ4n) is 0.990. The molecule has 0 saturated heterocycles. The summed E-state index contributed by atoms with van der Waals surface area (Å²) >= 11 is 0. The van der Waals surface area contributed by atoms with E-state index in [0.29, 0.717) is 6.42 Å². The van der Waals surface area contributed by atoms with Gasteiger partial charge < -0.3 is 5.11 Å². The number of hydrogen-bond donors (Lipinski definition) is 1. The number of aliphatic carboxylic acids is 1. The number of carboxylic acid groups (broad SMARTS) is 1. The first-order chi connectivity index (χ1) is 6.29. The second kappa shape index (κ2) is 5.14. The van der Waals surface area contributed by atoms with Crippen LogP contribution in [-0.4, -0.2) is 11.1 Å². The topological polar surface area (TPSA) is 37.3 Å². The normalized spacial score (nSPS) is 10.5. The van der Waals surface area contributed by atoms with Crippen LogP contribution in [-0.2, 0) is 4.79 Å². The highest BCUT2D eigenvalue weighted by atomic mass is 16.4. The molecule has 0 aliphatic rings. The molecule has 1 rings (SSSR count). The summed E-state index contributed by atoms with van der Waals surface area (Å²) in [5, 5.41) is 8.38. The highest BCUT2D eigenvalue weighted by Gasteiger charge is 1.91. The predicted molar refractivity (Wildman–Crippen MR) is 52.3 cm³/mol. The van der Waals surface area contributed by atoms with Gasteiger partial charge in [0.15, 0.2) is 0 Å². The SMILES string of the molecule is O=C(O)CC/C=C\c1ccccc1. The molecule has 0 amide bonds. The number of carbonyl (C=O) groups is 1. The fraction of sp³-hybridized carbons (Fsp3) is 0.182. The summed E-state index contributed by atoms with van der Waals surface area (Å²) in [7, 11) is 0. The van der Waals surface area contributed by atoms with Crippen molar-refractivity contribution in [3.8, 4) is 0 Å². The van der Waals surface area contributed by atoms with E-state index in [9.17, 15) is 4.79 Å². The highest BCUT2D eigenvalue weighted by molar-refractivity contribution is 5.67. The van der Waals surface area contributed by atoms with Crippen LogP contribution in [0.15, 0.2) is 36.4 Å². The van der Waals surface area contributed by atoms with Gasteiger partial charge in [-0.1, -0.05) is 42.5 Å². The average molecular weight is 176 g/mol. The molecule has 0 atom stereocenters. The molecule has 0 saturated carbocycles. The smallest absolute Gasteiger partial charge is 0.303 e. The van der Waals surface area contributed by atoms with Crippen molar-refractivity contribution in [2.75, 3.05) is 0 Å². The standard InChI is InChI=1S/C11H12O2/c12-11(13)9-5-4-8-10-6-2-1-3-7-10/h1-4,6-8H,5,9H2,(H,12,13)/b8-4-. The summed E-state index contributed by atoms with van der Waals surface area (Å²) in [4.78, 5) is 10.2. The first kappa shape index (κ1) is 9.52. The molecule has 1 N–H and O–H groups in total. The lowest BCUT2D eigenvalue weighted by atomic mass is 10.2. The second-order valence-corrected chi connectivity index (χ2v) is 2.75. The Morgan fingerprint density at radius 3 is 2.62 bits per heavy atom. The van der Waals surface area contributed by atoms with Gasteiger partial charge in [0.2, 0.25) is 0 Å². The van der Waals surface area contributed by atoms with Crippen LogP contribution in [0.4, 0.5) is 0 Å². The van der Waals surface area contributed by atoms with Crippen LogP contribution in [0.2, 0.25) is 0 Å². The van der Waals surface area contributed by atoms with Gasteiger partial charge in [0, 0.05) is 6.42 Å².